The minimum absolute atomic E-state index is 0.0371. The number of nitrogens with zero attached hydrogens (tertiary/aromatic N) is 6. The Morgan fingerprint density at radius 3 is 2.38 bits per heavy atom. The van der Waals surface area contributed by atoms with Crippen LogP contribution in [0.4, 0.5) is 28.4 Å². The van der Waals surface area contributed by atoms with Crippen molar-refractivity contribution in [1.29, 1.82) is 5.26 Å². The molecule has 0 spiro atoms. The van der Waals surface area contributed by atoms with Gasteiger partial charge in [0.1, 0.15) is 17.4 Å². The summed E-state index contributed by atoms with van der Waals surface area (Å²) in [6.07, 6.45) is 0.734. The third kappa shape index (κ3) is 6.26. The van der Waals surface area contributed by atoms with Gasteiger partial charge >= 0.3 is 0 Å². The van der Waals surface area contributed by atoms with Crippen LogP contribution in [0.3, 0.4) is 0 Å². The van der Waals surface area contributed by atoms with Crippen molar-refractivity contribution < 1.29 is 19.3 Å². The Labute approximate surface area is 246 Å². The Hall–Kier alpha value is -5.15. The first-order chi connectivity index (χ1) is 20.2. The fourth-order valence-corrected chi connectivity index (χ4v) is 4.71. The maximum Gasteiger partial charge on any atom is 0.272 e. The molecule has 12 nitrogen and oxygen atoms in total. The summed E-state index contributed by atoms with van der Waals surface area (Å²) in [6.45, 7) is 5.05. The summed E-state index contributed by atoms with van der Waals surface area (Å²) in [6, 6.07) is 15.9. The van der Waals surface area contributed by atoms with Crippen LogP contribution in [0.1, 0.15) is 53.0 Å². The second-order valence-corrected chi connectivity index (χ2v) is 9.64. The van der Waals surface area contributed by atoms with Gasteiger partial charge < -0.3 is 10.2 Å². The highest BCUT2D eigenvalue weighted by atomic mass is 35.5. The predicted octanol–water partition coefficient (Wildman–Crippen LogP) is 6.40. The molecule has 0 bridgehead atoms. The quantitative estimate of drug-likeness (QED) is 0.117. The molecule has 0 aliphatic carbocycles. The van der Waals surface area contributed by atoms with Crippen LogP contribution in [0.5, 0.6) is 0 Å². The molecule has 1 aliphatic heterocycles. The number of hydrogen-bond acceptors (Lipinski definition) is 9. The fourth-order valence-electron chi connectivity index (χ4n) is 4.46. The minimum atomic E-state index is -0.663. The lowest BCUT2D eigenvalue weighted by atomic mass is 10.1. The molecule has 0 aromatic heterocycles. The maximum absolute atomic E-state index is 12.7. The van der Waals surface area contributed by atoms with E-state index in [4.69, 9.17) is 11.6 Å². The van der Waals surface area contributed by atoms with Gasteiger partial charge in [-0.3, -0.25) is 29.4 Å². The van der Waals surface area contributed by atoms with Gasteiger partial charge in [0, 0.05) is 43.9 Å². The number of benzene rings is 3. The Kier molecular flexibility index (Phi) is 9.24. The van der Waals surface area contributed by atoms with Crippen molar-refractivity contribution in [3.63, 3.8) is 0 Å². The molecule has 0 radical (unpaired) electrons. The highest BCUT2D eigenvalue weighted by Gasteiger charge is 2.34. The molecule has 13 heteroatoms. The number of azo groups is 1. The average molecular weight is 588 g/mol. The Bertz CT molecular complexity index is 1610. The molecule has 0 saturated heterocycles. The van der Waals surface area contributed by atoms with Crippen molar-refractivity contribution in [3.8, 4) is 6.07 Å². The molecule has 0 saturated carbocycles. The number of nitro groups is 1. The molecule has 3 amide bonds. The summed E-state index contributed by atoms with van der Waals surface area (Å²) >= 11 is 6.16. The van der Waals surface area contributed by atoms with E-state index in [-0.39, 0.29) is 58.3 Å². The first kappa shape index (κ1) is 29.8. The number of anilines is 2. The predicted molar refractivity (Wildman–Crippen MR) is 157 cm³/mol. The largest absolute Gasteiger partial charge is 0.372 e. The molecule has 214 valence electrons. The van der Waals surface area contributed by atoms with E-state index >= 15 is 0 Å². The van der Waals surface area contributed by atoms with Crippen LogP contribution in [-0.2, 0) is 4.79 Å². The summed E-state index contributed by atoms with van der Waals surface area (Å²) < 4.78 is 0. The SMILES string of the molecule is CCC(=O)Nc1cc(N(CC)CCCN2C(=O)c3ccccc3C2=O)ccc1N=Nc1c(Cl)cc([N+](=O)[O-])cc1C#N. The molecule has 4 rings (SSSR count). The first-order valence-electron chi connectivity index (χ1n) is 13.1. The van der Waals surface area contributed by atoms with E-state index in [2.05, 4.69) is 15.5 Å². The smallest absolute Gasteiger partial charge is 0.272 e. The molecule has 42 heavy (non-hydrogen) atoms. The van der Waals surface area contributed by atoms with Gasteiger partial charge in [-0.05, 0) is 43.7 Å². The topological polar surface area (TPSA) is 161 Å². The number of nitrogens with one attached hydrogen (secondary N) is 1. The number of rotatable bonds is 11. The Morgan fingerprint density at radius 1 is 1.10 bits per heavy atom. The van der Waals surface area contributed by atoms with Crippen molar-refractivity contribution in [1.82, 2.24) is 4.90 Å². The highest BCUT2D eigenvalue weighted by molar-refractivity contribution is 6.33. The van der Waals surface area contributed by atoms with Gasteiger partial charge in [0.2, 0.25) is 5.91 Å². The van der Waals surface area contributed by atoms with E-state index < -0.39 is 4.92 Å². The molecule has 0 atom stereocenters. The Balaban J connectivity index is 1.54. The van der Waals surface area contributed by atoms with E-state index in [0.29, 0.717) is 36.3 Å². The number of non-ortho nitro benzene ring substituents is 1. The van der Waals surface area contributed by atoms with Crippen LogP contribution >= 0.6 is 11.6 Å². The number of imide groups is 1. The normalized spacial score (nSPS) is 12.4. The highest BCUT2D eigenvalue weighted by Crippen LogP contribution is 2.37. The van der Waals surface area contributed by atoms with Gasteiger partial charge in [0.05, 0.1) is 32.3 Å². The summed E-state index contributed by atoms with van der Waals surface area (Å²) in [5.74, 6) is -0.862. The van der Waals surface area contributed by atoms with Gasteiger partial charge in [-0.1, -0.05) is 30.7 Å². The third-order valence-electron chi connectivity index (χ3n) is 6.65. The van der Waals surface area contributed by atoms with E-state index in [1.165, 1.54) is 4.90 Å². The zero-order chi connectivity index (χ0) is 30.4. The van der Waals surface area contributed by atoms with Crippen LogP contribution in [0.15, 0.2) is 64.8 Å². The molecule has 3 aromatic rings. The van der Waals surface area contributed by atoms with E-state index in [1.807, 2.05) is 17.9 Å². The van der Waals surface area contributed by atoms with Crippen LogP contribution in [0.25, 0.3) is 0 Å². The van der Waals surface area contributed by atoms with Crippen molar-refractivity contribution in [3.05, 3.63) is 86.4 Å². The summed E-state index contributed by atoms with van der Waals surface area (Å²) in [7, 11) is 0. The van der Waals surface area contributed by atoms with Gasteiger partial charge in [-0.25, -0.2) is 0 Å². The van der Waals surface area contributed by atoms with E-state index in [0.717, 1.165) is 17.8 Å². The van der Waals surface area contributed by atoms with Crippen molar-refractivity contribution >= 4 is 57.8 Å². The summed E-state index contributed by atoms with van der Waals surface area (Å²) in [5, 5.41) is 31.5. The standard InChI is InChI=1S/C29H26ClN7O5/c1-3-26(38)32-25-16-19(10-11-24(25)33-34-27-18(17-31)14-20(37(41)42)15-23(27)30)35(4-2)12-7-13-36-28(39)21-8-5-6-9-22(21)29(36)40/h5-6,8-11,14-16H,3-4,7,12-13H2,1-2H3,(H,32,38). The number of amides is 3. The molecule has 3 aromatic carbocycles. The van der Waals surface area contributed by atoms with Crippen LogP contribution in [-0.4, -0.2) is 47.2 Å². The number of carbonyl (C=O) groups excluding carboxylic acids is 3. The molecule has 1 aliphatic rings. The zero-order valence-corrected chi connectivity index (χ0v) is 23.6. The van der Waals surface area contributed by atoms with E-state index in [9.17, 15) is 29.8 Å². The molecule has 0 unspecified atom stereocenters. The number of carbonyl (C=O) groups is 3. The second kappa shape index (κ2) is 13.0. The molecule has 1 N–H and O–H groups in total. The van der Waals surface area contributed by atoms with Crippen LogP contribution in [0, 0.1) is 21.4 Å². The van der Waals surface area contributed by atoms with Gasteiger partial charge in [-0.15, -0.1) is 10.2 Å². The lowest BCUT2D eigenvalue weighted by molar-refractivity contribution is -0.384. The van der Waals surface area contributed by atoms with Crippen molar-refractivity contribution in [2.24, 2.45) is 10.2 Å². The third-order valence-corrected chi connectivity index (χ3v) is 6.94. The summed E-state index contributed by atoms with van der Waals surface area (Å²) in [5.41, 5.74) is 1.71. The molecular weight excluding hydrogens is 562 g/mol. The van der Waals surface area contributed by atoms with Gasteiger partial charge in [0.25, 0.3) is 17.5 Å². The second-order valence-electron chi connectivity index (χ2n) is 9.24. The zero-order valence-electron chi connectivity index (χ0n) is 22.8. The number of halogens is 1. The van der Waals surface area contributed by atoms with Crippen LogP contribution < -0.4 is 10.2 Å². The fraction of sp³-hybridized carbons (Fsp3) is 0.241. The maximum atomic E-state index is 12.7. The number of nitro benzene ring substituents is 1. The number of fused-ring (bicyclic) bond motifs is 1. The minimum Gasteiger partial charge on any atom is -0.372 e. The number of nitriles is 1. The Morgan fingerprint density at radius 2 is 1.79 bits per heavy atom. The molecular formula is C29H26ClN7O5. The van der Waals surface area contributed by atoms with Gasteiger partial charge in [-0.2, -0.15) is 5.26 Å². The average Bonchev–Trinajstić information content (AvgIpc) is 3.23. The van der Waals surface area contributed by atoms with Gasteiger partial charge in [0.15, 0.2) is 0 Å². The van der Waals surface area contributed by atoms with E-state index in [1.54, 1.807) is 49.4 Å². The molecule has 0 fully saturated rings. The lowest BCUT2D eigenvalue weighted by Gasteiger charge is -2.25. The first-order valence-corrected chi connectivity index (χ1v) is 13.5. The van der Waals surface area contributed by atoms with Crippen LogP contribution in [0.2, 0.25) is 5.02 Å². The summed E-state index contributed by atoms with van der Waals surface area (Å²) in [4.78, 5) is 51.4. The monoisotopic (exact) mass is 587 g/mol. The molecule has 1 heterocycles. The number of hydrogen-bond donors (Lipinski definition) is 1. The van der Waals surface area contributed by atoms with Crippen molar-refractivity contribution in [2.75, 3.05) is 29.9 Å². The van der Waals surface area contributed by atoms with Crippen molar-refractivity contribution in [2.45, 2.75) is 26.7 Å². The lowest BCUT2D eigenvalue weighted by Crippen LogP contribution is -2.33.